The van der Waals surface area contributed by atoms with E-state index in [1.807, 2.05) is 12.1 Å². The molecule has 2 heterocycles. The summed E-state index contributed by atoms with van der Waals surface area (Å²) < 4.78 is 5.41. The van der Waals surface area contributed by atoms with Crippen LogP contribution in [0.4, 0.5) is 0 Å². The van der Waals surface area contributed by atoms with Crippen molar-refractivity contribution in [3.8, 4) is 0 Å². The van der Waals surface area contributed by atoms with Crippen LogP contribution in [0.1, 0.15) is 30.1 Å². The molecule has 2 fully saturated rings. The highest BCUT2D eigenvalue weighted by atomic mass is 16.3. The molecule has 1 amide bonds. The molecular weight excluding hydrogens is 312 g/mol. The number of nitrogens with zero attached hydrogens (tertiary/aromatic N) is 1. The van der Waals surface area contributed by atoms with E-state index in [1.54, 1.807) is 6.26 Å². The van der Waals surface area contributed by atoms with Crippen LogP contribution in [-0.2, 0) is 11.2 Å². The summed E-state index contributed by atoms with van der Waals surface area (Å²) in [6, 6.07) is 14.5. The van der Waals surface area contributed by atoms with Gasteiger partial charge in [0, 0.05) is 31.5 Å². The summed E-state index contributed by atoms with van der Waals surface area (Å²) in [5.74, 6) is 2.14. The zero-order chi connectivity index (χ0) is 17.1. The maximum atomic E-state index is 12.3. The summed E-state index contributed by atoms with van der Waals surface area (Å²) in [6.45, 7) is 4.16. The van der Waals surface area contributed by atoms with Crippen LogP contribution in [-0.4, -0.2) is 37.0 Å². The van der Waals surface area contributed by atoms with Crippen LogP contribution in [0.15, 0.2) is 53.1 Å². The molecule has 0 unspecified atom stereocenters. The molecule has 4 nitrogen and oxygen atoms in total. The van der Waals surface area contributed by atoms with E-state index in [0.29, 0.717) is 11.8 Å². The number of furan rings is 1. The van der Waals surface area contributed by atoms with Crippen molar-refractivity contribution < 1.29 is 9.21 Å². The Hall–Kier alpha value is -2.07. The van der Waals surface area contributed by atoms with Gasteiger partial charge in [0.15, 0.2) is 0 Å². The van der Waals surface area contributed by atoms with Crippen LogP contribution in [0.3, 0.4) is 0 Å². The van der Waals surface area contributed by atoms with E-state index in [-0.39, 0.29) is 11.8 Å². The first kappa shape index (κ1) is 16.4. The van der Waals surface area contributed by atoms with Crippen LogP contribution < -0.4 is 5.32 Å². The van der Waals surface area contributed by atoms with Gasteiger partial charge in [0.2, 0.25) is 5.91 Å². The number of benzene rings is 1. The highest BCUT2D eigenvalue weighted by Gasteiger charge is 2.45. The summed E-state index contributed by atoms with van der Waals surface area (Å²) in [7, 11) is 0. The quantitative estimate of drug-likeness (QED) is 0.844. The predicted octanol–water partition coefficient (Wildman–Crippen LogP) is 3.06. The van der Waals surface area contributed by atoms with Crippen LogP contribution in [0.25, 0.3) is 0 Å². The van der Waals surface area contributed by atoms with Crippen LogP contribution in [0.5, 0.6) is 0 Å². The maximum absolute atomic E-state index is 12.3. The zero-order valence-corrected chi connectivity index (χ0v) is 14.6. The molecule has 3 atom stereocenters. The first-order chi connectivity index (χ1) is 12.3. The molecule has 132 valence electrons. The van der Waals surface area contributed by atoms with E-state index in [1.165, 1.54) is 12.0 Å². The molecule has 2 aromatic rings. The molecule has 2 aliphatic rings. The van der Waals surface area contributed by atoms with Gasteiger partial charge in [0.25, 0.3) is 0 Å². The van der Waals surface area contributed by atoms with E-state index in [0.717, 1.165) is 44.8 Å². The number of amides is 1. The molecule has 1 aromatic heterocycles. The van der Waals surface area contributed by atoms with Gasteiger partial charge in [-0.25, -0.2) is 0 Å². The van der Waals surface area contributed by atoms with Crippen molar-refractivity contribution in [3.05, 3.63) is 60.1 Å². The van der Waals surface area contributed by atoms with Gasteiger partial charge in [-0.2, -0.15) is 0 Å². The van der Waals surface area contributed by atoms with Crippen molar-refractivity contribution in [1.29, 1.82) is 0 Å². The lowest BCUT2D eigenvalue weighted by Gasteiger charge is -2.16. The molecule has 1 saturated carbocycles. The van der Waals surface area contributed by atoms with E-state index >= 15 is 0 Å². The Morgan fingerprint density at radius 3 is 2.88 bits per heavy atom. The lowest BCUT2D eigenvalue weighted by atomic mass is 10.1. The fourth-order valence-electron chi connectivity index (χ4n) is 3.89. The van der Waals surface area contributed by atoms with Crippen molar-refractivity contribution in [2.24, 2.45) is 11.8 Å². The molecule has 25 heavy (non-hydrogen) atoms. The van der Waals surface area contributed by atoms with Gasteiger partial charge in [0.1, 0.15) is 5.76 Å². The van der Waals surface area contributed by atoms with Crippen LogP contribution in [0, 0.1) is 11.8 Å². The second kappa shape index (κ2) is 7.44. The van der Waals surface area contributed by atoms with Crippen molar-refractivity contribution in [3.63, 3.8) is 0 Å². The topological polar surface area (TPSA) is 45.5 Å². The van der Waals surface area contributed by atoms with Gasteiger partial charge in [-0.1, -0.05) is 30.3 Å². The Labute approximate surface area is 149 Å². The Kier molecular flexibility index (Phi) is 4.88. The van der Waals surface area contributed by atoms with E-state index in [2.05, 4.69) is 40.5 Å². The average molecular weight is 338 g/mol. The monoisotopic (exact) mass is 338 g/mol. The number of carbonyl (C=O) groups excluding carboxylic acids is 1. The predicted molar refractivity (Wildman–Crippen MR) is 97.3 cm³/mol. The average Bonchev–Trinajstić information content (AvgIpc) is 3.06. The van der Waals surface area contributed by atoms with Crippen molar-refractivity contribution in [2.45, 2.75) is 25.2 Å². The van der Waals surface area contributed by atoms with E-state index < -0.39 is 0 Å². The standard InChI is InChI=1S/C21H26N2O2/c24-21(19-13-18(19)20-7-4-12-25-20)22-14-17-9-11-23(15-17)10-8-16-5-2-1-3-6-16/h1-7,12,17-19H,8-11,13-15H2,(H,22,24)/t17-,18+,19+/m0/s1. The Bertz CT molecular complexity index is 683. The van der Waals surface area contributed by atoms with E-state index in [9.17, 15) is 4.79 Å². The minimum atomic E-state index is 0.113. The maximum Gasteiger partial charge on any atom is 0.223 e. The number of nitrogens with one attached hydrogen (secondary N) is 1. The normalized spacial score (nSPS) is 25.8. The number of hydrogen-bond donors (Lipinski definition) is 1. The summed E-state index contributed by atoms with van der Waals surface area (Å²) in [4.78, 5) is 14.8. The third kappa shape index (κ3) is 4.13. The van der Waals surface area contributed by atoms with E-state index in [4.69, 9.17) is 4.42 Å². The largest absolute Gasteiger partial charge is 0.469 e. The lowest BCUT2D eigenvalue weighted by Crippen LogP contribution is -2.32. The Morgan fingerprint density at radius 1 is 1.20 bits per heavy atom. The van der Waals surface area contributed by atoms with Gasteiger partial charge in [0.05, 0.1) is 6.26 Å². The summed E-state index contributed by atoms with van der Waals surface area (Å²) in [5, 5.41) is 3.17. The molecular formula is C21H26N2O2. The first-order valence-corrected chi connectivity index (χ1v) is 9.37. The second-order valence-electron chi connectivity index (χ2n) is 7.40. The highest BCUT2D eigenvalue weighted by Crippen LogP contribution is 2.47. The van der Waals surface area contributed by atoms with Gasteiger partial charge in [-0.05, 0) is 49.4 Å². The summed E-state index contributed by atoms with van der Waals surface area (Å²) in [5.41, 5.74) is 1.40. The zero-order valence-electron chi connectivity index (χ0n) is 14.6. The van der Waals surface area contributed by atoms with Crippen molar-refractivity contribution >= 4 is 5.91 Å². The van der Waals surface area contributed by atoms with Crippen LogP contribution >= 0.6 is 0 Å². The fraction of sp³-hybridized carbons (Fsp3) is 0.476. The number of carbonyl (C=O) groups is 1. The van der Waals surface area contributed by atoms with Crippen LogP contribution in [0.2, 0.25) is 0 Å². The Balaban J connectivity index is 1.16. The fourth-order valence-corrected chi connectivity index (χ4v) is 3.89. The molecule has 0 spiro atoms. The number of rotatable bonds is 7. The second-order valence-corrected chi connectivity index (χ2v) is 7.40. The minimum absolute atomic E-state index is 0.113. The summed E-state index contributed by atoms with van der Waals surface area (Å²) in [6.07, 6.45) is 4.90. The summed E-state index contributed by atoms with van der Waals surface area (Å²) >= 11 is 0. The third-order valence-electron chi connectivity index (χ3n) is 5.53. The molecule has 0 bridgehead atoms. The molecule has 4 rings (SSSR count). The minimum Gasteiger partial charge on any atom is -0.469 e. The van der Waals surface area contributed by atoms with Gasteiger partial charge in [-0.3, -0.25) is 4.79 Å². The number of likely N-dealkylation sites (tertiary alicyclic amines) is 1. The first-order valence-electron chi connectivity index (χ1n) is 9.37. The Morgan fingerprint density at radius 2 is 2.08 bits per heavy atom. The van der Waals surface area contributed by atoms with Gasteiger partial charge >= 0.3 is 0 Å². The van der Waals surface area contributed by atoms with Gasteiger partial charge < -0.3 is 14.6 Å². The SMILES string of the molecule is O=C(NC[C@@H]1CCN(CCc2ccccc2)C1)[C@@H]1C[C@H]1c1ccco1. The third-order valence-corrected chi connectivity index (χ3v) is 5.53. The molecule has 1 aromatic carbocycles. The molecule has 1 aliphatic heterocycles. The molecule has 1 aliphatic carbocycles. The molecule has 4 heteroatoms. The molecule has 0 radical (unpaired) electrons. The van der Waals surface area contributed by atoms with Crippen molar-refractivity contribution in [1.82, 2.24) is 10.2 Å². The van der Waals surface area contributed by atoms with Crippen molar-refractivity contribution in [2.75, 3.05) is 26.2 Å². The highest BCUT2D eigenvalue weighted by molar-refractivity contribution is 5.82. The smallest absolute Gasteiger partial charge is 0.223 e. The molecule has 1 N–H and O–H groups in total. The lowest BCUT2D eigenvalue weighted by molar-refractivity contribution is -0.122. The van der Waals surface area contributed by atoms with Gasteiger partial charge in [-0.15, -0.1) is 0 Å². The number of hydrogen-bond acceptors (Lipinski definition) is 3. The molecule has 1 saturated heterocycles.